The van der Waals surface area contributed by atoms with Crippen LogP contribution in [0.15, 0.2) is 24.3 Å². The normalized spacial score (nSPS) is 25.3. The Kier molecular flexibility index (Phi) is 6.02. The van der Waals surface area contributed by atoms with Gasteiger partial charge >= 0.3 is 6.18 Å². The lowest BCUT2D eigenvalue weighted by Crippen LogP contribution is -2.64. The number of halogens is 3. The third-order valence-corrected chi connectivity index (χ3v) is 7.06. The van der Waals surface area contributed by atoms with Gasteiger partial charge < -0.3 is 5.73 Å². The van der Waals surface area contributed by atoms with Crippen molar-refractivity contribution in [3.05, 3.63) is 29.8 Å². The second-order valence-electron chi connectivity index (χ2n) is 8.81. The maximum atomic E-state index is 13.0. The molecular formula is C22H27F3N4O3. The van der Waals surface area contributed by atoms with Crippen LogP contribution in [0.3, 0.4) is 0 Å². The Hall–Kier alpha value is -2.46. The summed E-state index contributed by atoms with van der Waals surface area (Å²) in [6.45, 7) is 2.55. The van der Waals surface area contributed by atoms with E-state index in [9.17, 15) is 27.6 Å². The zero-order chi connectivity index (χ0) is 23.1. The van der Waals surface area contributed by atoms with Gasteiger partial charge in [0, 0.05) is 13.1 Å². The Morgan fingerprint density at radius 3 is 2.09 bits per heavy atom. The number of amides is 3. The van der Waals surface area contributed by atoms with Gasteiger partial charge in [-0.15, -0.1) is 0 Å². The van der Waals surface area contributed by atoms with Crippen molar-refractivity contribution in [2.45, 2.75) is 56.3 Å². The minimum absolute atomic E-state index is 0.0346. The number of benzene rings is 1. The van der Waals surface area contributed by atoms with Crippen molar-refractivity contribution in [3.63, 3.8) is 0 Å². The van der Waals surface area contributed by atoms with Crippen molar-refractivity contribution in [2.24, 2.45) is 5.73 Å². The molecule has 3 fully saturated rings. The Morgan fingerprint density at radius 1 is 0.969 bits per heavy atom. The topological polar surface area (TPSA) is 87.0 Å². The Balaban J connectivity index is 1.46. The van der Waals surface area contributed by atoms with Crippen LogP contribution in [0.5, 0.6) is 0 Å². The molecule has 3 amide bonds. The quantitative estimate of drug-likeness (QED) is 0.708. The van der Waals surface area contributed by atoms with E-state index in [1.807, 2.05) is 4.90 Å². The smallest absolute Gasteiger partial charge is 0.368 e. The van der Waals surface area contributed by atoms with Crippen molar-refractivity contribution >= 4 is 23.4 Å². The molecule has 10 heteroatoms. The number of anilines is 1. The third kappa shape index (κ3) is 4.01. The molecule has 0 unspecified atom stereocenters. The van der Waals surface area contributed by atoms with Gasteiger partial charge in [-0.2, -0.15) is 13.2 Å². The largest absolute Gasteiger partial charge is 0.416 e. The summed E-state index contributed by atoms with van der Waals surface area (Å²) >= 11 is 0. The number of piperidine rings is 2. The maximum absolute atomic E-state index is 13.0. The zero-order valence-electron chi connectivity index (χ0n) is 17.7. The first-order chi connectivity index (χ1) is 15.1. The zero-order valence-corrected chi connectivity index (χ0v) is 17.7. The van der Waals surface area contributed by atoms with E-state index >= 15 is 0 Å². The molecule has 3 saturated heterocycles. The fraction of sp³-hybridized carbons (Fsp3) is 0.591. The second kappa shape index (κ2) is 8.47. The van der Waals surface area contributed by atoms with Crippen LogP contribution in [0.2, 0.25) is 0 Å². The summed E-state index contributed by atoms with van der Waals surface area (Å²) in [7, 11) is 0. The number of carbonyl (C=O) groups excluding carboxylic acids is 3. The summed E-state index contributed by atoms with van der Waals surface area (Å²) in [4.78, 5) is 43.1. The predicted molar refractivity (Wildman–Crippen MR) is 110 cm³/mol. The molecule has 1 aromatic rings. The molecule has 0 aromatic heterocycles. The third-order valence-electron chi connectivity index (χ3n) is 7.06. The van der Waals surface area contributed by atoms with Crippen LogP contribution in [0.4, 0.5) is 18.9 Å². The molecule has 0 bridgehead atoms. The van der Waals surface area contributed by atoms with Crippen LogP contribution in [-0.4, -0.2) is 65.3 Å². The van der Waals surface area contributed by atoms with E-state index in [0.29, 0.717) is 25.9 Å². The van der Waals surface area contributed by atoms with Gasteiger partial charge in [0.05, 0.1) is 23.7 Å². The number of imide groups is 1. The van der Waals surface area contributed by atoms with Crippen LogP contribution < -0.4 is 10.6 Å². The number of nitrogens with zero attached hydrogens (tertiary/aromatic N) is 3. The van der Waals surface area contributed by atoms with E-state index < -0.39 is 35.1 Å². The molecule has 7 nitrogen and oxygen atoms in total. The molecule has 0 saturated carbocycles. The fourth-order valence-electron chi connectivity index (χ4n) is 5.22. The highest BCUT2D eigenvalue weighted by Gasteiger charge is 2.49. The second-order valence-corrected chi connectivity index (χ2v) is 8.81. The van der Waals surface area contributed by atoms with E-state index in [1.165, 1.54) is 0 Å². The first kappa shape index (κ1) is 22.7. The maximum Gasteiger partial charge on any atom is 0.416 e. The standard InChI is InChI=1S/C22H27F3N4O3/c23-22(24,25)15-4-6-16(7-5-15)29-18(30)14-17(19(29)31)27-12-8-21(9-13-27,20(26)32)28-10-2-1-3-11-28/h4-7,17H,1-3,8-14H2,(H2,26,32)/t17-/m0/s1. The van der Waals surface area contributed by atoms with Gasteiger partial charge in [0.1, 0.15) is 5.54 Å². The van der Waals surface area contributed by atoms with Gasteiger partial charge in [-0.05, 0) is 63.0 Å². The molecule has 4 rings (SSSR count). The molecule has 0 aliphatic carbocycles. The van der Waals surface area contributed by atoms with Crippen molar-refractivity contribution in [3.8, 4) is 0 Å². The van der Waals surface area contributed by atoms with Gasteiger partial charge in [-0.25, -0.2) is 4.90 Å². The lowest BCUT2D eigenvalue weighted by atomic mass is 9.83. The fourth-order valence-corrected chi connectivity index (χ4v) is 5.22. The lowest BCUT2D eigenvalue weighted by Gasteiger charge is -2.48. The molecular weight excluding hydrogens is 425 g/mol. The molecule has 3 heterocycles. The number of rotatable bonds is 4. The number of nitrogens with two attached hydrogens (primary N) is 1. The van der Waals surface area contributed by atoms with Crippen molar-refractivity contribution in [1.82, 2.24) is 9.80 Å². The van der Waals surface area contributed by atoms with Gasteiger partial charge in [-0.3, -0.25) is 24.2 Å². The van der Waals surface area contributed by atoms with Crippen LogP contribution in [0.1, 0.15) is 44.1 Å². The number of carbonyl (C=O) groups is 3. The van der Waals surface area contributed by atoms with E-state index in [2.05, 4.69) is 4.90 Å². The van der Waals surface area contributed by atoms with Crippen LogP contribution in [0.25, 0.3) is 0 Å². The molecule has 3 aliphatic rings. The summed E-state index contributed by atoms with van der Waals surface area (Å²) in [5, 5.41) is 0. The monoisotopic (exact) mass is 452 g/mol. The van der Waals surface area contributed by atoms with Gasteiger partial charge in [0.25, 0.3) is 5.91 Å². The van der Waals surface area contributed by atoms with Crippen LogP contribution in [-0.2, 0) is 20.6 Å². The van der Waals surface area contributed by atoms with E-state index in [1.54, 1.807) is 0 Å². The van der Waals surface area contributed by atoms with E-state index in [4.69, 9.17) is 5.73 Å². The lowest BCUT2D eigenvalue weighted by molar-refractivity contribution is -0.138. The molecule has 3 aliphatic heterocycles. The highest BCUT2D eigenvalue weighted by atomic mass is 19.4. The number of alkyl halides is 3. The Bertz CT molecular complexity index is 889. The molecule has 1 atom stereocenters. The first-order valence-corrected chi connectivity index (χ1v) is 11.0. The number of hydrogen-bond acceptors (Lipinski definition) is 5. The molecule has 0 radical (unpaired) electrons. The summed E-state index contributed by atoms with van der Waals surface area (Å²) in [6.07, 6.45) is -0.369. The number of likely N-dealkylation sites (tertiary alicyclic amines) is 2. The molecule has 0 spiro atoms. The average Bonchev–Trinajstić information content (AvgIpc) is 3.07. The van der Waals surface area contributed by atoms with Gasteiger partial charge in [0.2, 0.25) is 11.8 Å². The molecule has 1 aromatic carbocycles. The summed E-state index contributed by atoms with van der Waals surface area (Å²) in [6, 6.07) is 3.34. The Morgan fingerprint density at radius 2 is 1.56 bits per heavy atom. The van der Waals surface area contributed by atoms with E-state index in [0.717, 1.165) is 61.5 Å². The summed E-state index contributed by atoms with van der Waals surface area (Å²) in [5.74, 6) is -1.24. The van der Waals surface area contributed by atoms with Gasteiger partial charge in [-0.1, -0.05) is 6.42 Å². The average molecular weight is 452 g/mol. The molecule has 2 N–H and O–H groups in total. The summed E-state index contributed by atoms with van der Waals surface area (Å²) < 4.78 is 38.5. The van der Waals surface area contributed by atoms with Crippen molar-refractivity contribution < 1.29 is 27.6 Å². The Labute approximate surface area is 184 Å². The van der Waals surface area contributed by atoms with Crippen molar-refractivity contribution in [2.75, 3.05) is 31.1 Å². The van der Waals surface area contributed by atoms with E-state index in [-0.39, 0.29) is 18.0 Å². The highest BCUT2D eigenvalue weighted by Crippen LogP contribution is 2.35. The minimum Gasteiger partial charge on any atom is -0.368 e. The molecule has 174 valence electrons. The van der Waals surface area contributed by atoms with Gasteiger partial charge in [0.15, 0.2) is 0 Å². The number of hydrogen-bond donors (Lipinski definition) is 1. The number of primary amides is 1. The van der Waals surface area contributed by atoms with Crippen LogP contribution in [0, 0.1) is 0 Å². The predicted octanol–water partition coefficient (Wildman–Crippen LogP) is 2.14. The van der Waals surface area contributed by atoms with Crippen molar-refractivity contribution in [1.29, 1.82) is 0 Å². The van der Waals surface area contributed by atoms with Crippen LogP contribution >= 0.6 is 0 Å². The summed E-state index contributed by atoms with van der Waals surface area (Å²) in [5.41, 5.74) is 4.38. The highest BCUT2D eigenvalue weighted by molar-refractivity contribution is 6.22. The SMILES string of the molecule is NC(=O)C1(N2CCCCC2)CCN([C@H]2CC(=O)N(c3ccc(C(F)(F)F)cc3)C2=O)CC1. The minimum atomic E-state index is -4.49. The first-order valence-electron chi connectivity index (χ1n) is 11.0. The molecule has 32 heavy (non-hydrogen) atoms.